The molecule has 0 amide bonds. The number of pyridine rings is 1. The number of anilines is 2. The summed E-state index contributed by atoms with van der Waals surface area (Å²) in [6.07, 6.45) is 3.08. The van der Waals surface area contributed by atoms with Crippen LogP contribution in [0.4, 0.5) is 11.5 Å². The molecule has 1 aliphatic heterocycles. The van der Waals surface area contributed by atoms with Crippen LogP contribution in [0.5, 0.6) is 0 Å². The van der Waals surface area contributed by atoms with Gasteiger partial charge in [-0.25, -0.2) is 4.98 Å². The van der Waals surface area contributed by atoms with Gasteiger partial charge in [0.15, 0.2) is 0 Å². The third-order valence-corrected chi connectivity index (χ3v) is 3.86. The zero-order valence-corrected chi connectivity index (χ0v) is 12.3. The van der Waals surface area contributed by atoms with Gasteiger partial charge in [0.05, 0.1) is 0 Å². The summed E-state index contributed by atoms with van der Waals surface area (Å²) in [6.45, 7) is 4.37. The Labute approximate surface area is 120 Å². The van der Waals surface area contributed by atoms with Crippen molar-refractivity contribution in [2.75, 3.05) is 50.1 Å². The predicted molar refractivity (Wildman–Crippen MR) is 85.8 cm³/mol. The van der Waals surface area contributed by atoms with Gasteiger partial charge < -0.3 is 15.1 Å². The summed E-state index contributed by atoms with van der Waals surface area (Å²) in [5, 5.41) is 5.93. The van der Waals surface area contributed by atoms with Gasteiger partial charge in [-0.2, -0.15) is 0 Å². The van der Waals surface area contributed by atoms with Crippen molar-refractivity contribution in [1.82, 2.24) is 10.3 Å². The first kappa shape index (κ1) is 13.2. The van der Waals surface area contributed by atoms with Gasteiger partial charge in [0.25, 0.3) is 0 Å². The van der Waals surface area contributed by atoms with Crippen LogP contribution in [0.1, 0.15) is 6.42 Å². The maximum Gasteiger partial charge on any atom is 0.135 e. The van der Waals surface area contributed by atoms with Crippen molar-refractivity contribution in [3.8, 4) is 0 Å². The van der Waals surface area contributed by atoms with E-state index in [-0.39, 0.29) is 0 Å². The molecule has 0 atom stereocenters. The molecule has 0 radical (unpaired) electrons. The molecular formula is C16H22N4. The molecule has 0 saturated carbocycles. The molecule has 2 heterocycles. The highest BCUT2D eigenvalue weighted by Crippen LogP contribution is 2.28. The standard InChI is InChI=1S/C16H22N4/c1-19(2)16-15-12-14(5-4-13(15)6-8-18-16)20-10-3-7-17-9-11-20/h4-6,8,12,17H,3,7,9-11H2,1-2H3. The molecule has 1 aromatic heterocycles. The molecule has 0 bridgehead atoms. The highest BCUT2D eigenvalue weighted by atomic mass is 15.2. The fraction of sp³-hybridized carbons (Fsp3) is 0.438. The lowest BCUT2D eigenvalue weighted by Gasteiger charge is -2.23. The minimum atomic E-state index is 1.04. The highest BCUT2D eigenvalue weighted by molar-refractivity contribution is 5.94. The first-order valence-electron chi connectivity index (χ1n) is 7.27. The molecule has 106 valence electrons. The molecule has 4 nitrogen and oxygen atoms in total. The molecule has 0 unspecified atom stereocenters. The third-order valence-electron chi connectivity index (χ3n) is 3.86. The van der Waals surface area contributed by atoms with Gasteiger partial charge in [0.1, 0.15) is 5.82 Å². The van der Waals surface area contributed by atoms with Crippen molar-refractivity contribution in [1.29, 1.82) is 0 Å². The summed E-state index contributed by atoms with van der Waals surface area (Å²) in [6, 6.07) is 8.80. The molecule has 0 spiro atoms. The largest absolute Gasteiger partial charge is 0.370 e. The predicted octanol–water partition coefficient (Wildman–Crippen LogP) is 2.10. The second-order valence-electron chi connectivity index (χ2n) is 5.53. The van der Waals surface area contributed by atoms with Gasteiger partial charge in [-0.05, 0) is 36.6 Å². The Morgan fingerprint density at radius 3 is 2.90 bits per heavy atom. The molecular weight excluding hydrogens is 248 g/mol. The van der Waals surface area contributed by atoms with Crippen molar-refractivity contribution in [3.05, 3.63) is 30.5 Å². The zero-order chi connectivity index (χ0) is 13.9. The SMILES string of the molecule is CN(C)c1nccc2ccc(N3CCCNCC3)cc12. The van der Waals surface area contributed by atoms with Gasteiger partial charge in [0.2, 0.25) is 0 Å². The highest BCUT2D eigenvalue weighted by Gasteiger charge is 2.11. The number of nitrogens with zero attached hydrogens (tertiary/aromatic N) is 3. The van der Waals surface area contributed by atoms with Crippen molar-refractivity contribution in [2.24, 2.45) is 0 Å². The van der Waals surface area contributed by atoms with E-state index >= 15 is 0 Å². The number of benzene rings is 1. The van der Waals surface area contributed by atoms with Crippen LogP contribution in [0.2, 0.25) is 0 Å². The van der Waals surface area contributed by atoms with E-state index in [0.717, 1.165) is 32.0 Å². The first-order valence-corrected chi connectivity index (χ1v) is 7.27. The van der Waals surface area contributed by atoms with E-state index in [1.54, 1.807) is 0 Å². The third kappa shape index (κ3) is 2.56. The number of rotatable bonds is 2. The van der Waals surface area contributed by atoms with Crippen LogP contribution < -0.4 is 15.1 Å². The van der Waals surface area contributed by atoms with Gasteiger partial charge in [-0.1, -0.05) is 6.07 Å². The maximum absolute atomic E-state index is 4.51. The van der Waals surface area contributed by atoms with E-state index in [4.69, 9.17) is 0 Å². The van der Waals surface area contributed by atoms with Gasteiger partial charge in [0, 0.05) is 51.0 Å². The molecule has 1 N–H and O–H groups in total. The Hall–Kier alpha value is -1.81. The summed E-state index contributed by atoms with van der Waals surface area (Å²) >= 11 is 0. The van der Waals surface area contributed by atoms with Gasteiger partial charge in [-0.3, -0.25) is 0 Å². The van der Waals surface area contributed by atoms with E-state index in [1.165, 1.54) is 22.9 Å². The van der Waals surface area contributed by atoms with Crippen molar-refractivity contribution < 1.29 is 0 Å². The summed E-state index contributed by atoms with van der Waals surface area (Å²) in [4.78, 5) is 9.05. The van der Waals surface area contributed by atoms with Crippen LogP contribution in [0.25, 0.3) is 10.8 Å². The van der Waals surface area contributed by atoms with E-state index in [9.17, 15) is 0 Å². The summed E-state index contributed by atoms with van der Waals surface area (Å²) in [5.41, 5.74) is 1.30. The average molecular weight is 270 g/mol. The second kappa shape index (κ2) is 5.67. The van der Waals surface area contributed by atoms with Gasteiger partial charge >= 0.3 is 0 Å². The lowest BCUT2D eigenvalue weighted by molar-refractivity contribution is 0.724. The van der Waals surface area contributed by atoms with Crippen molar-refractivity contribution in [3.63, 3.8) is 0 Å². The number of fused-ring (bicyclic) bond motifs is 1. The van der Waals surface area contributed by atoms with Crippen LogP contribution >= 0.6 is 0 Å². The molecule has 1 aliphatic rings. The molecule has 3 rings (SSSR count). The monoisotopic (exact) mass is 270 g/mol. The summed E-state index contributed by atoms with van der Waals surface area (Å²) in [5.74, 6) is 1.04. The van der Waals surface area contributed by atoms with Crippen LogP contribution in [0.3, 0.4) is 0 Å². The van der Waals surface area contributed by atoms with Gasteiger partial charge in [-0.15, -0.1) is 0 Å². The Morgan fingerprint density at radius 1 is 1.15 bits per heavy atom. The second-order valence-corrected chi connectivity index (χ2v) is 5.53. The van der Waals surface area contributed by atoms with Crippen LogP contribution in [-0.4, -0.2) is 45.3 Å². The first-order chi connectivity index (χ1) is 9.75. The van der Waals surface area contributed by atoms with Crippen LogP contribution in [0.15, 0.2) is 30.5 Å². The summed E-state index contributed by atoms with van der Waals surface area (Å²) in [7, 11) is 4.09. The summed E-state index contributed by atoms with van der Waals surface area (Å²) < 4.78 is 0. The number of nitrogens with one attached hydrogen (secondary N) is 1. The molecule has 1 saturated heterocycles. The number of hydrogen-bond donors (Lipinski definition) is 1. The smallest absolute Gasteiger partial charge is 0.135 e. The van der Waals surface area contributed by atoms with E-state index in [1.807, 2.05) is 20.3 Å². The minimum Gasteiger partial charge on any atom is -0.370 e. The van der Waals surface area contributed by atoms with Crippen LogP contribution in [0, 0.1) is 0 Å². The van der Waals surface area contributed by atoms with Crippen LogP contribution in [-0.2, 0) is 0 Å². The van der Waals surface area contributed by atoms with E-state index < -0.39 is 0 Å². The molecule has 20 heavy (non-hydrogen) atoms. The quantitative estimate of drug-likeness (QED) is 0.905. The molecule has 4 heteroatoms. The Bertz CT molecular complexity index is 586. The Morgan fingerprint density at radius 2 is 2.05 bits per heavy atom. The molecule has 1 fully saturated rings. The lowest BCUT2D eigenvalue weighted by Crippen LogP contribution is -2.27. The Balaban J connectivity index is 2.02. The minimum absolute atomic E-state index is 1.04. The number of hydrogen-bond acceptors (Lipinski definition) is 4. The van der Waals surface area contributed by atoms with Crippen molar-refractivity contribution in [2.45, 2.75) is 6.42 Å². The average Bonchev–Trinajstić information content (AvgIpc) is 2.75. The zero-order valence-electron chi connectivity index (χ0n) is 12.3. The molecule has 2 aromatic rings. The normalized spacial score (nSPS) is 16.2. The maximum atomic E-state index is 4.51. The van der Waals surface area contributed by atoms with E-state index in [2.05, 4.69) is 44.4 Å². The fourth-order valence-corrected chi connectivity index (χ4v) is 2.80. The molecule has 0 aliphatic carbocycles. The topological polar surface area (TPSA) is 31.4 Å². The fourth-order valence-electron chi connectivity index (χ4n) is 2.80. The van der Waals surface area contributed by atoms with Crippen molar-refractivity contribution >= 4 is 22.3 Å². The van der Waals surface area contributed by atoms with E-state index in [0.29, 0.717) is 0 Å². The number of aromatic nitrogens is 1. The lowest BCUT2D eigenvalue weighted by atomic mass is 10.1. The Kier molecular flexibility index (Phi) is 3.74. The molecule has 1 aromatic carbocycles.